The summed E-state index contributed by atoms with van der Waals surface area (Å²) in [7, 11) is 0. The lowest BCUT2D eigenvalue weighted by molar-refractivity contribution is 0.122. The fourth-order valence-electron chi connectivity index (χ4n) is 2.12. The molecule has 1 saturated heterocycles. The van der Waals surface area contributed by atoms with Crippen LogP contribution in [0.3, 0.4) is 0 Å². The molecule has 2 N–H and O–H groups in total. The van der Waals surface area contributed by atoms with E-state index in [1.807, 2.05) is 12.1 Å². The average Bonchev–Trinajstić information content (AvgIpc) is 2.51. The highest BCUT2D eigenvalue weighted by Gasteiger charge is 2.10. The molecule has 1 aromatic carbocycles. The van der Waals surface area contributed by atoms with Gasteiger partial charge in [0.1, 0.15) is 5.75 Å². The maximum atomic E-state index is 5.67. The normalized spacial score (nSPS) is 15.1. The van der Waals surface area contributed by atoms with Gasteiger partial charge in [-0.1, -0.05) is 0 Å². The Balaban J connectivity index is 1.67. The Kier molecular flexibility index (Phi) is 3.69. The molecule has 0 atom stereocenters. The minimum absolute atomic E-state index is 0.540. The zero-order valence-electron chi connectivity index (χ0n) is 11.2. The van der Waals surface area contributed by atoms with Gasteiger partial charge in [-0.05, 0) is 30.3 Å². The lowest BCUT2D eigenvalue weighted by Gasteiger charge is -2.28. The van der Waals surface area contributed by atoms with Crippen molar-refractivity contribution in [3.63, 3.8) is 0 Å². The first-order valence-electron chi connectivity index (χ1n) is 6.63. The molecular formula is C15H17N3O2. The van der Waals surface area contributed by atoms with E-state index in [4.69, 9.17) is 15.2 Å². The largest absolute Gasteiger partial charge is 0.439 e. The second kappa shape index (κ2) is 5.79. The van der Waals surface area contributed by atoms with Crippen molar-refractivity contribution in [1.29, 1.82) is 0 Å². The predicted molar refractivity (Wildman–Crippen MR) is 78.2 cm³/mol. The van der Waals surface area contributed by atoms with Gasteiger partial charge in [0.05, 0.1) is 25.1 Å². The van der Waals surface area contributed by atoms with E-state index in [0.29, 0.717) is 11.6 Å². The third-order valence-corrected chi connectivity index (χ3v) is 3.19. The van der Waals surface area contributed by atoms with Crippen molar-refractivity contribution in [2.24, 2.45) is 0 Å². The smallest absolute Gasteiger partial charge is 0.219 e. The van der Waals surface area contributed by atoms with Gasteiger partial charge in [0.25, 0.3) is 0 Å². The molecule has 1 aliphatic rings. The van der Waals surface area contributed by atoms with Crippen molar-refractivity contribution in [3.8, 4) is 11.6 Å². The molecule has 5 heteroatoms. The van der Waals surface area contributed by atoms with Crippen LogP contribution in [0, 0.1) is 0 Å². The van der Waals surface area contributed by atoms with Gasteiger partial charge in [0, 0.05) is 24.8 Å². The molecule has 0 aliphatic carbocycles. The van der Waals surface area contributed by atoms with Gasteiger partial charge in [0.15, 0.2) is 0 Å². The Morgan fingerprint density at radius 3 is 2.45 bits per heavy atom. The van der Waals surface area contributed by atoms with Crippen molar-refractivity contribution in [2.75, 3.05) is 36.9 Å². The van der Waals surface area contributed by atoms with Crippen molar-refractivity contribution in [2.45, 2.75) is 0 Å². The van der Waals surface area contributed by atoms with E-state index in [9.17, 15) is 0 Å². The van der Waals surface area contributed by atoms with E-state index in [2.05, 4.69) is 22.0 Å². The van der Waals surface area contributed by atoms with E-state index >= 15 is 0 Å². The van der Waals surface area contributed by atoms with Gasteiger partial charge in [-0.3, -0.25) is 0 Å². The van der Waals surface area contributed by atoms with Crippen molar-refractivity contribution < 1.29 is 9.47 Å². The van der Waals surface area contributed by atoms with Crippen molar-refractivity contribution in [1.82, 2.24) is 4.98 Å². The van der Waals surface area contributed by atoms with E-state index in [1.54, 1.807) is 18.3 Å². The summed E-state index contributed by atoms with van der Waals surface area (Å²) in [4.78, 5) is 6.41. The molecule has 2 aromatic rings. The van der Waals surface area contributed by atoms with Gasteiger partial charge in [-0.2, -0.15) is 0 Å². The van der Waals surface area contributed by atoms with Gasteiger partial charge in [-0.25, -0.2) is 4.98 Å². The molecule has 0 bridgehead atoms. The minimum atomic E-state index is 0.540. The summed E-state index contributed by atoms with van der Waals surface area (Å²) in [5, 5.41) is 0. The van der Waals surface area contributed by atoms with Gasteiger partial charge >= 0.3 is 0 Å². The Hall–Kier alpha value is -2.27. The monoisotopic (exact) mass is 271 g/mol. The van der Waals surface area contributed by atoms with Gasteiger partial charge in [-0.15, -0.1) is 0 Å². The zero-order valence-corrected chi connectivity index (χ0v) is 11.2. The second-order valence-corrected chi connectivity index (χ2v) is 4.63. The first-order chi connectivity index (χ1) is 9.81. The van der Waals surface area contributed by atoms with Crippen LogP contribution in [0.1, 0.15) is 0 Å². The highest BCUT2D eigenvalue weighted by Crippen LogP contribution is 2.24. The Labute approximate surface area is 117 Å². The highest BCUT2D eigenvalue weighted by atomic mass is 16.5. The van der Waals surface area contributed by atoms with Crippen molar-refractivity contribution >= 4 is 11.4 Å². The van der Waals surface area contributed by atoms with E-state index in [0.717, 1.165) is 32.1 Å². The molecule has 20 heavy (non-hydrogen) atoms. The maximum absolute atomic E-state index is 5.67. The fraction of sp³-hybridized carbons (Fsp3) is 0.267. The van der Waals surface area contributed by atoms with Crippen LogP contribution in [-0.2, 0) is 4.74 Å². The predicted octanol–water partition coefficient (Wildman–Crippen LogP) is 2.29. The first kappa shape index (κ1) is 12.7. The van der Waals surface area contributed by atoms with Gasteiger partial charge < -0.3 is 20.1 Å². The fourth-order valence-corrected chi connectivity index (χ4v) is 2.12. The van der Waals surface area contributed by atoms with Crippen LogP contribution in [-0.4, -0.2) is 31.3 Å². The number of rotatable bonds is 3. The van der Waals surface area contributed by atoms with E-state index in [1.165, 1.54) is 5.69 Å². The minimum Gasteiger partial charge on any atom is -0.439 e. The quantitative estimate of drug-likeness (QED) is 0.928. The number of nitrogens with zero attached hydrogens (tertiary/aromatic N) is 2. The van der Waals surface area contributed by atoms with Crippen LogP contribution in [0.2, 0.25) is 0 Å². The summed E-state index contributed by atoms with van der Waals surface area (Å²) in [5.41, 5.74) is 7.40. The summed E-state index contributed by atoms with van der Waals surface area (Å²) in [6.45, 7) is 3.43. The van der Waals surface area contributed by atoms with Crippen LogP contribution in [0.4, 0.5) is 11.4 Å². The number of nitrogen functional groups attached to an aromatic ring is 1. The number of aromatic nitrogens is 1. The number of ether oxygens (including phenoxy) is 2. The molecule has 1 aliphatic heterocycles. The van der Waals surface area contributed by atoms with Crippen LogP contribution in [0.5, 0.6) is 11.6 Å². The number of hydrogen-bond donors (Lipinski definition) is 1. The van der Waals surface area contributed by atoms with Gasteiger partial charge in [0.2, 0.25) is 5.88 Å². The lowest BCUT2D eigenvalue weighted by Crippen LogP contribution is -2.36. The molecule has 104 valence electrons. The number of morpholine rings is 1. The summed E-state index contributed by atoms with van der Waals surface area (Å²) >= 11 is 0. The molecule has 5 nitrogen and oxygen atoms in total. The highest BCUT2D eigenvalue weighted by molar-refractivity contribution is 5.49. The molecular weight excluding hydrogens is 254 g/mol. The van der Waals surface area contributed by atoms with Crippen LogP contribution in [0.25, 0.3) is 0 Å². The molecule has 0 unspecified atom stereocenters. The standard InChI is InChI=1S/C15H17N3O2/c16-12-1-6-15(17-11-12)20-14-4-2-13(3-5-14)18-7-9-19-10-8-18/h1-6,11H,7-10,16H2. The molecule has 0 spiro atoms. The Morgan fingerprint density at radius 2 is 1.80 bits per heavy atom. The first-order valence-corrected chi connectivity index (χ1v) is 6.63. The SMILES string of the molecule is Nc1ccc(Oc2ccc(N3CCOCC3)cc2)nc1. The summed E-state index contributed by atoms with van der Waals surface area (Å²) in [6, 6.07) is 11.5. The number of hydrogen-bond acceptors (Lipinski definition) is 5. The van der Waals surface area contributed by atoms with Crippen LogP contribution >= 0.6 is 0 Å². The second-order valence-electron chi connectivity index (χ2n) is 4.63. The maximum Gasteiger partial charge on any atom is 0.219 e. The topological polar surface area (TPSA) is 60.6 Å². The number of pyridine rings is 1. The molecule has 1 aromatic heterocycles. The van der Waals surface area contributed by atoms with E-state index in [-0.39, 0.29) is 0 Å². The number of anilines is 2. The van der Waals surface area contributed by atoms with Crippen molar-refractivity contribution in [3.05, 3.63) is 42.6 Å². The molecule has 0 radical (unpaired) electrons. The lowest BCUT2D eigenvalue weighted by atomic mass is 10.2. The Morgan fingerprint density at radius 1 is 1.05 bits per heavy atom. The average molecular weight is 271 g/mol. The Bertz CT molecular complexity index is 548. The molecule has 3 rings (SSSR count). The van der Waals surface area contributed by atoms with Crippen LogP contribution < -0.4 is 15.4 Å². The molecule has 1 fully saturated rings. The summed E-state index contributed by atoms with van der Waals surface area (Å²) in [6.07, 6.45) is 1.58. The third kappa shape index (κ3) is 3.00. The van der Waals surface area contributed by atoms with Crippen LogP contribution in [0.15, 0.2) is 42.6 Å². The van der Waals surface area contributed by atoms with E-state index < -0.39 is 0 Å². The summed E-state index contributed by atoms with van der Waals surface area (Å²) < 4.78 is 11.0. The molecule has 0 saturated carbocycles. The summed E-state index contributed by atoms with van der Waals surface area (Å²) in [5.74, 6) is 1.30. The third-order valence-electron chi connectivity index (χ3n) is 3.19. The number of nitrogens with two attached hydrogens (primary N) is 1. The number of benzene rings is 1. The zero-order chi connectivity index (χ0) is 13.8. The molecule has 2 heterocycles. The molecule has 0 amide bonds.